The van der Waals surface area contributed by atoms with Gasteiger partial charge in [-0.2, -0.15) is 0 Å². The Morgan fingerprint density at radius 2 is 1.94 bits per heavy atom. The van der Waals surface area contributed by atoms with Gasteiger partial charge in [-0.15, -0.1) is 0 Å². The number of nitrogens with one attached hydrogen (secondary N) is 1. The van der Waals surface area contributed by atoms with Crippen molar-refractivity contribution in [2.24, 2.45) is 11.8 Å². The first-order chi connectivity index (χ1) is 8.22. The molecule has 2 rings (SSSR count). The molecule has 17 heavy (non-hydrogen) atoms. The maximum Gasteiger partial charge on any atom is 0.00104 e. The lowest BCUT2D eigenvalue weighted by atomic mass is 9.96. The zero-order chi connectivity index (χ0) is 12.3. The number of benzene rings is 1. The van der Waals surface area contributed by atoms with Crippen LogP contribution in [0.5, 0.6) is 0 Å². The van der Waals surface area contributed by atoms with Crippen LogP contribution >= 0.6 is 0 Å². The lowest BCUT2D eigenvalue weighted by Crippen LogP contribution is -2.29. The van der Waals surface area contributed by atoms with Crippen LogP contribution in [-0.2, 0) is 0 Å². The first kappa shape index (κ1) is 12.6. The SMILES string of the molecule is CCC(CNC(C)C)C1CC1c1ccccc1. The van der Waals surface area contributed by atoms with Gasteiger partial charge >= 0.3 is 0 Å². The fourth-order valence-electron chi connectivity index (χ4n) is 2.80. The van der Waals surface area contributed by atoms with E-state index in [4.69, 9.17) is 0 Å². The molecule has 0 aliphatic heterocycles. The molecule has 1 aliphatic rings. The molecule has 3 unspecified atom stereocenters. The molecule has 0 radical (unpaired) electrons. The molecule has 1 aromatic carbocycles. The van der Waals surface area contributed by atoms with Gasteiger partial charge in [-0.1, -0.05) is 57.5 Å². The standard InChI is InChI=1S/C16H25N/c1-4-13(11-17-12(2)3)15-10-16(15)14-8-6-5-7-9-14/h5-9,12-13,15-17H,4,10-11H2,1-3H3. The molecule has 3 atom stereocenters. The molecule has 1 heteroatoms. The van der Waals surface area contributed by atoms with Crippen LogP contribution in [0.2, 0.25) is 0 Å². The molecule has 1 fully saturated rings. The quantitative estimate of drug-likeness (QED) is 0.785. The van der Waals surface area contributed by atoms with Crippen LogP contribution in [0.4, 0.5) is 0 Å². The van der Waals surface area contributed by atoms with E-state index < -0.39 is 0 Å². The maximum absolute atomic E-state index is 3.59. The van der Waals surface area contributed by atoms with Gasteiger partial charge in [-0.25, -0.2) is 0 Å². The fourth-order valence-corrected chi connectivity index (χ4v) is 2.80. The largest absolute Gasteiger partial charge is 0.314 e. The van der Waals surface area contributed by atoms with E-state index >= 15 is 0 Å². The highest BCUT2D eigenvalue weighted by Gasteiger charge is 2.42. The second-order valence-corrected chi connectivity index (χ2v) is 5.65. The molecule has 0 heterocycles. The molecule has 0 aromatic heterocycles. The number of rotatable bonds is 6. The minimum Gasteiger partial charge on any atom is -0.314 e. The van der Waals surface area contributed by atoms with Gasteiger partial charge < -0.3 is 5.32 Å². The third kappa shape index (κ3) is 3.32. The van der Waals surface area contributed by atoms with Crippen molar-refractivity contribution in [1.82, 2.24) is 5.32 Å². The molecule has 1 aliphatic carbocycles. The summed E-state index contributed by atoms with van der Waals surface area (Å²) in [5, 5.41) is 3.59. The average Bonchev–Trinajstić information content (AvgIpc) is 3.11. The first-order valence-corrected chi connectivity index (χ1v) is 7.00. The van der Waals surface area contributed by atoms with Gasteiger partial charge in [0.05, 0.1) is 0 Å². The van der Waals surface area contributed by atoms with Gasteiger partial charge in [-0.05, 0) is 36.3 Å². The Hall–Kier alpha value is -0.820. The summed E-state index contributed by atoms with van der Waals surface area (Å²) in [5.74, 6) is 2.59. The fraction of sp³-hybridized carbons (Fsp3) is 0.625. The Kier molecular flexibility index (Phi) is 4.22. The van der Waals surface area contributed by atoms with Crippen LogP contribution in [0.25, 0.3) is 0 Å². The zero-order valence-electron chi connectivity index (χ0n) is 11.3. The van der Waals surface area contributed by atoms with Crippen LogP contribution in [0, 0.1) is 11.8 Å². The second kappa shape index (κ2) is 5.68. The highest BCUT2D eigenvalue weighted by atomic mass is 14.9. The van der Waals surface area contributed by atoms with Gasteiger partial charge in [0.15, 0.2) is 0 Å². The molecule has 1 nitrogen and oxygen atoms in total. The van der Waals surface area contributed by atoms with Gasteiger partial charge in [0.25, 0.3) is 0 Å². The predicted molar refractivity (Wildman–Crippen MR) is 74.2 cm³/mol. The summed E-state index contributed by atoms with van der Waals surface area (Å²) in [4.78, 5) is 0. The van der Waals surface area contributed by atoms with Crippen LogP contribution in [0.3, 0.4) is 0 Å². The molecule has 1 N–H and O–H groups in total. The molecule has 94 valence electrons. The van der Waals surface area contributed by atoms with Crippen molar-refractivity contribution in [3.63, 3.8) is 0 Å². The second-order valence-electron chi connectivity index (χ2n) is 5.65. The highest BCUT2D eigenvalue weighted by molar-refractivity contribution is 5.26. The summed E-state index contributed by atoms with van der Waals surface area (Å²) in [5.41, 5.74) is 1.54. The van der Waals surface area contributed by atoms with Crippen molar-refractivity contribution in [1.29, 1.82) is 0 Å². The Bertz CT molecular complexity index is 331. The van der Waals surface area contributed by atoms with E-state index in [-0.39, 0.29) is 0 Å². The van der Waals surface area contributed by atoms with Gasteiger partial charge in [0.2, 0.25) is 0 Å². The molecule has 1 aromatic rings. The van der Waals surface area contributed by atoms with Crippen molar-refractivity contribution in [3.8, 4) is 0 Å². The summed E-state index contributed by atoms with van der Waals surface area (Å²) in [6, 6.07) is 11.6. The number of hydrogen-bond acceptors (Lipinski definition) is 1. The Balaban J connectivity index is 1.88. The monoisotopic (exact) mass is 231 g/mol. The third-order valence-electron chi connectivity index (χ3n) is 3.99. The average molecular weight is 231 g/mol. The van der Waals surface area contributed by atoms with Gasteiger partial charge in [-0.3, -0.25) is 0 Å². The van der Waals surface area contributed by atoms with E-state index in [1.54, 1.807) is 5.56 Å². The Morgan fingerprint density at radius 1 is 1.24 bits per heavy atom. The third-order valence-corrected chi connectivity index (χ3v) is 3.99. The van der Waals surface area contributed by atoms with Crippen LogP contribution in [0.15, 0.2) is 30.3 Å². The summed E-state index contributed by atoms with van der Waals surface area (Å²) in [6.07, 6.45) is 2.69. The molecule has 1 saturated carbocycles. The van der Waals surface area contributed by atoms with E-state index in [2.05, 4.69) is 56.4 Å². The maximum atomic E-state index is 3.59. The smallest absolute Gasteiger partial charge is 0.00104 e. The van der Waals surface area contributed by atoms with E-state index in [0.29, 0.717) is 6.04 Å². The molecular formula is C16H25N. The Morgan fingerprint density at radius 3 is 2.53 bits per heavy atom. The minimum absolute atomic E-state index is 0.609. The Labute approximate surface area is 106 Å². The lowest BCUT2D eigenvalue weighted by Gasteiger charge is -2.17. The van der Waals surface area contributed by atoms with E-state index in [1.165, 1.54) is 19.4 Å². The van der Waals surface area contributed by atoms with E-state index in [1.807, 2.05) is 0 Å². The summed E-state index contributed by atoms with van der Waals surface area (Å²) >= 11 is 0. The van der Waals surface area contributed by atoms with Crippen molar-refractivity contribution in [2.75, 3.05) is 6.54 Å². The highest BCUT2D eigenvalue weighted by Crippen LogP contribution is 2.52. The molecule has 0 bridgehead atoms. The summed E-state index contributed by atoms with van der Waals surface area (Å²) in [6.45, 7) is 7.97. The van der Waals surface area contributed by atoms with Crippen molar-refractivity contribution < 1.29 is 0 Å². The van der Waals surface area contributed by atoms with E-state index in [9.17, 15) is 0 Å². The normalized spacial score (nSPS) is 24.9. The van der Waals surface area contributed by atoms with Crippen LogP contribution in [0.1, 0.15) is 45.1 Å². The molecule has 0 spiro atoms. The van der Waals surface area contributed by atoms with Crippen molar-refractivity contribution >= 4 is 0 Å². The zero-order valence-corrected chi connectivity index (χ0v) is 11.3. The van der Waals surface area contributed by atoms with E-state index in [0.717, 1.165) is 17.8 Å². The lowest BCUT2D eigenvalue weighted by molar-refractivity contribution is 0.390. The first-order valence-electron chi connectivity index (χ1n) is 7.00. The summed E-state index contributed by atoms with van der Waals surface area (Å²) in [7, 11) is 0. The van der Waals surface area contributed by atoms with Crippen LogP contribution in [-0.4, -0.2) is 12.6 Å². The van der Waals surface area contributed by atoms with Gasteiger partial charge in [0, 0.05) is 6.04 Å². The topological polar surface area (TPSA) is 12.0 Å². The van der Waals surface area contributed by atoms with Gasteiger partial charge in [0.1, 0.15) is 0 Å². The molecule has 0 amide bonds. The predicted octanol–water partition coefficient (Wildman–Crippen LogP) is 3.81. The minimum atomic E-state index is 0.609. The van der Waals surface area contributed by atoms with Crippen molar-refractivity contribution in [2.45, 2.75) is 45.6 Å². The van der Waals surface area contributed by atoms with Crippen molar-refractivity contribution in [3.05, 3.63) is 35.9 Å². The number of hydrogen-bond donors (Lipinski definition) is 1. The molecular weight excluding hydrogens is 206 g/mol. The van der Waals surface area contributed by atoms with Crippen LogP contribution < -0.4 is 5.32 Å². The summed E-state index contributed by atoms with van der Waals surface area (Å²) < 4.78 is 0. The molecule has 0 saturated heterocycles.